The number of carbonyl (C=O) groups excluding carboxylic acids is 4. The molecule has 3 aromatic carbocycles. The third-order valence-electron chi connectivity index (χ3n) is 19.6. The normalized spacial score (nSPS) is 25.3. The van der Waals surface area contributed by atoms with Crippen molar-refractivity contribution < 1.29 is 92.6 Å². The number of rotatable bonds is 30. The Balaban J connectivity index is 0.688. The number of amides is 4. The summed E-state index contributed by atoms with van der Waals surface area (Å²) in [6.45, 7) is 8.99. The molecule has 13 rings (SSSR count). The second kappa shape index (κ2) is 29.1. The molecule has 0 spiro atoms. The lowest BCUT2D eigenvalue weighted by Crippen LogP contribution is -2.64. The first-order chi connectivity index (χ1) is 47.4. The number of fused-ring (bicyclic) bond motifs is 2. The van der Waals surface area contributed by atoms with Crippen LogP contribution in [0.25, 0.3) is 21.3 Å². The van der Waals surface area contributed by atoms with Crippen molar-refractivity contribution in [2.24, 2.45) is 16.2 Å². The largest absolute Gasteiger partial charge is 0.491 e. The Kier molecular flexibility index (Phi) is 20.6. The van der Waals surface area contributed by atoms with Gasteiger partial charge in [0.2, 0.25) is 6.29 Å². The van der Waals surface area contributed by atoms with Crippen molar-refractivity contribution in [2.45, 2.75) is 135 Å². The molecule has 0 radical (unpaired) electrons. The average molecular weight is 1380 g/mol. The fourth-order valence-electron chi connectivity index (χ4n) is 16.3. The lowest BCUT2D eigenvalue weighted by molar-refractivity contribution is -0.271. The lowest BCUT2D eigenvalue weighted by atomic mass is 9.39. The highest BCUT2D eigenvalue weighted by Crippen LogP contribution is 2.72. The minimum absolute atomic E-state index is 0.0358. The van der Waals surface area contributed by atoms with Gasteiger partial charge in [-0.2, -0.15) is 5.10 Å². The number of aromatic nitrogens is 4. The molecular formula is C70H81N9O19S. The fourth-order valence-corrected chi connectivity index (χ4v) is 17.1. The molecule has 6 heterocycles. The van der Waals surface area contributed by atoms with Crippen LogP contribution in [-0.2, 0) is 64.2 Å². The van der Waals surface area contributed by atoms with Crippen LogP contribution in [0.3, 0.4) is 0 Å². The number of nitrogens with one attached hydrogen (secondary N) is 2. The van der Waals surface area contributed by atoms with Gasteiger partial charge in [-0.3, -0.25) is 34.1 Å². The molecule has 6 aromatic rings. The fraction of sp³-hybridized carbons (Fsp3) is 0.486. The van der Waals surface area contributed by atoms with E-state index < -0.39 is 73.3 Å². The number of carboxylic acids is 3. The standard InChI is InChI=1S/C70H81N9O19S/c1-41-47(45-14-15-52(74-56(45)62(88)89)77-23-18-42-8-6-9-46(48(42)32-77)61(87)75-65-73-49-10-4-5-11-51(49)99-65)31-72-79(41)40-69-35-67(2)34-68(3,36-69)38-70(37-67,39-69)96-27-25-76(24-19-55(82)83)66(92)95-33-43-12-13-44(30-50(43)97-64-59(86)57(84)58(85)60(98-64)63(90)91)94-29-28-93-26-21-71-20-7-22-78-53(80)16-17-54(78)81/h4-6,8-17,30-31,57-60,64,71,84-86H,7,18-29,32-40H2,1-3H3,(H,82,83)(H,88,89)(H,90,91)(H,73,75,87)/t57-,58-,59+,60-,64+,67?,68?,69?,70?/m0/s1. The van der Waals surface area contributed by atoms with Crippen LogP contribution in [-0.4, -0.2) is 204 Å². The first kappa shape index (κ1) is 69.9. The third kappa shape index (κ3) is 15.6. The van der Waals surface area contributed by atoms with Gasteiger partial charge < -0.3 is 74.2 Å². The van der Waals surface area contributed by atoms with E-state index >= 15 is 0 Å². The first-order valence-corrected chi connectivity index (χ1v) is 33.9. The number of para-hydroxylation sites is 1. The van der Waals surface area contributed by atoms with E-state index in [0.717, 1.165) is 59.1 Å². The number of pyridine rings is 1. The van der Waals surface area contributed by atoms with E-state index in [1.807, 2.05) is 59.0 Å². The molecule has 4 bridgehead atoms. The van der Waals surface area contributed by atoms with Gasteiger partial charge in [0.15, 0.2) is 16.9 Å². The number of aliphatic carboxylic acids is 2. The van der Waals surface area contributed by atoms with Crippen molar-refractivity contribution in [1.82, 2.24) is 34.9 Å². The highest BCUT2D eigenvalue weighted by molar-refractivity contribution is 7.22. The number of ether oxygens (including phenoxy) is 6. The van der Waals surface area contributed by atoms with Crippen molar-refractivity contribution in [3.05, 3.63) is 125 Å². The number of hydrogen-bond acceptors (Lipinski definition) is 22. The summed E-state index contributed by atoms with van der Waals surface area (Å²) >= 11 is 1.40. The number of nitrogens with zero attached hydrogens (tertiary/aromatic N) is 7. The van der Waals surface area contributed by atoms with Gasteiger partial charge in [0.1, 0.15) is 48.8 Å². The molecule has 3 aliphatic heterocycles. The predicted octanol–water partition coefficient (Wildman–Crippen LogP) is 6.20. The van der Waals surface area contributed by atoms with Gasteiger partial charge in [-0.15, -0.1) is 0 Å². The summed E-state index contributed by atoms with van der Waals surface area (Å²) in [5.74, 6) is -4.39. The number of aliphatic hydroxyl groups excluding tert-OH is 3. The van der Waals surface area contributed by atoms with Crippen molar-refractivity contribution >= 4 is 74.2 Å². The maximum atomic E-state index is 14.2. The Morgan fingerprint density at radius 2 is 1.59 bits per heavy atom. The average Bonchev–Trinajstić information content (AvgIpc) is 0.939. The maximum absolute atomic E-state index is 14.2. The summed E-state index contributed by atoms with van der Waals surface area (Å²) < 4.78 is 38.7. The van der Waals surface area contributed by atoms with Crippen LogP contribution in [0.5, 0.6) is 11.5 Å². The van der Waals surface area contributed by atoms with Crippen LogP contribution in [0.15, 0.2) is 91.1 Å². The van der Waals surface area contributed by atoms with Crippen molar-refractivity contribution in [2.75, 3.05) is 75.9 Å². The SMILES string of the molecule is Cc1c(-c2ccc(N3CCc4cccc(C(=O)Nc5nc6ccccc6s5)c4C3)nc2C(=O)O)cnn1CC12CC3(C)CC(C)(C1)CC(OCCN(CCC(=O)O)C(=O)OCc1ccc(OCCOCCNCCCN4C(=O)C=CC4=O)cc1O[C@@H]1O[C@H](C(=O)O)[C@@H](O)[C@H](O)[C@H]1O)(C3)C2. The molecule has 4 aliphatic carbocycles. The summed E-state index contributed by atoms with van der Waals surface area (Å²) in [4.78, 5) is 103. The molecule has 5 fully saturated rings. The topological polar surface area (TPSA) is 374 Å². The van der Waals surface area contributed by atoms with E-state index in [4.69, 9.17) is 38.5 Å². The zero-order valence-electron chi connectivity index (χ0n) is 55.1. The van der Waals surface area contributed by atoms with Gasteiger partial charge in [-0.05, 0) is 135 Å². The zero-order chi connectivity index (χ0) is 70.0. The van der Waals surface area contributed by atoms with Crippen LogP contribution >= 0.6 is 11.3 Å². The molecule has 28 nitrogen and oxygen atoms in total. The molecule has 1 saturated heterocycles. The van der Waals surface area contributed by atoms with Crippen LogP contribution in [0, 0.1) is 23.2 Å². The number of carbonyl (C=O) groups is 7. The highest BCUT2D eigenvalue weighted by Gasteiger charge is 2.66. The van der Waals surface area contributed by atoms with Gasteiger partial charge in [0.05, 0.1) is 48.3 Å². The molecule has 2 unspecified atom stereocenters. The molecular weight excluding hydrogens is 1300 g/mol. The Morgan fingerprint density at radius 3 is 2.33 bits per heavy atom. The maximum Gasteiger partial charge on any atom is 0.410 e. The Hall–Kier alpha value is -8.94. The second-order valence-corrected chi connectivity index (χ2v) is 28.5. The van der Waals surface area contributed by atoms with Crippen LogP contribution in [0.4, 0.5) is 15.7 Å². The molecule has 7 atom stereocenters. The summed E-state index contributed by atoms with van der Waals surface area (Å²) in [7, 11) is 0. The Morgan fingerprint density at radius 1 is 0.808 bits per heavy atom. The molecule has 29 heteroatoms. The van der Waals surface area contributed by atoms with Crippen molar-refractivity contribution in [1.29, 1.82) is 0 Å². The number of benzene rings is 3. The molecule has 4 amide bonds. The Labute approximate surface area is 573 Å². The van der Waals surface area contributed by atoms with Crippen LogP contribution in [0.1, 0.15) is 108 Å². The number of aliphatic hydroxyl groups is 3. The third-order valence-corrected chi connectivity index (χ3v) is 20.5. The van der Waals surface area contributed by atoms with Crippen molar-refractivity contribution in [3.63, 3.8) is 0 Å². The van der Waals surface area contributed by atoms with Crippen LogP contribution in [0.2, 0.25) is 0 Å². The molecule has 8 N–H and O–H groups in total. The minimum atomic E-state index is -2.00. The summed E-state index contributed by atoms with van der Waals surface area (Å²) in [5.41, 5.74) is 3.87. The van der Waals surface area contributed by atoms with Gasteiger partial charge in [0, 0.05) is 92.0 Å². The smallest absolute Gasteiger partial charge is 0.410 e. The predicted molar refractivity (Wildman–Crippen MR) is 356 cm³/mol. The molecule has 99 heavy (non-hydrogen) atoms. The minimum Gasteiger partial charge on any atom is -0.491 e. The first-order valence-electron chi connectivity index (χ1n) is 33.1. The Bertz CT molecular complexity index is 4030. The van der Waals surface area contributed by atoms with Crippen LogP contribution < -0.4 is 25.0 Å². The number of carboxylic acid groups (broad SMARTS) is 3. The number of anilines is 2. The van der Waals surface area contributed by atoms with Gasteiger partial charge in [-0.1, -0.05) is 49.4 Å². The lowest BCUT2D eigenvalue weighted by Gasteiger charge is -2.69. The van der Waals surface area contributed by atoms with E-state index in [0.29, 0.717) is 86.2 Å². The summed E-state index contributed by atoms with van der Waals surface area (Å²) in [6, 6.07) is 21.3. The quantitative estimate of drug-likeness (QED) is 0.0184. The second-order valence-electron chi connectivity index (χ2n) is 27.5. The van der Waals surface area contributed by atoms with E-state index in [1.165, 1.54) is 51.5 Å². The molecule has 4 saturated carbocycles. The molecule has 7 aliphatic rings. The van der Waals surface area contributed by atoms with E-state index in [1.54, 1.807) is 18.3 Å². The highest BCUT2D eigenvalue weighted by atomic mass is 32.1. The number of thiazole rings is 1. The zero-order valence-corrected chi connectivity index (χ0v) is 55.9. The van der Waals surface area contributed by atoms with E-state index in [2.05, 4.69) is 29.5 Å². The van der Waals surface area contributed by atoms with Gasteiger partial charge in [0.25, 0.3) is 17.7 Å². The van der Waals surface area contributed by atoms with Gasteiger partial charge >= 0.3 is 24.0 Å². The summed E-state index contributed by atoms with van der Waals surface area (Å²) in [6.07, 6.45) is -0.765. The number of imide groups is 1. The van der Waals surface area contributed by atoms with Crippen molar-refractivity contribution in [3.8, 4) is 22.6 Å². The van der Waals surface area contributed by atoms with Gasteiger partial charge in [-0.25, -0.2) is 24.4 Å². The number of aromatic carboxylic acids is 1. The monoisotopic (exact) mass is 1380 g/mol. The number of hydrogen-bond donors (Lipinski definition) is 8. The molecule has 3 aromatic heterocycles. The van der Waals surface area contributed by atoms with E-state index in [9.17, 15) is 64.2 Å². The summed E-state index contributed by atoms with van der Waals surface area (Å²) in [5, 5.41) is 73.8. The van der Waals surface area contributed by atoms with E-state index in [-0.39, 0.29) is 96.2 Å². The molecule has 526 valence electrons.